The molecule has 2 heterocycles. The zero-order valence-electron chi connectivity index (χ0n) is 17.1. The number of amides is 1. The Morgan fingerprint density at radius 1 is 1.06 bits per heavy atom. The molecule has 158 valence electrons. The molecule has 6 nitrogen and oxygen atoms in total. The van der Waals surface area contributed by atoms with E-state index in [1.54, 1.807) is 23.2 Å². The van der Waals surface area contributed by atoms with Crippen molar-refractivity contribution in [3.05, 3.63) is 95.6 Å². The van der Waals surface area contributed by atoms with Gasteiger partial charge in [-0.1, -0.05) is 41.6 Å². The molecule has 0 spiro atoms. The van der Waals surface area contributed by atoms with Gasteiger partial charge in [0.2, 0.25) is 11.9 Å². The van der Waals surface area contributed by atoms with Crippen LogP contribution in [0.4, 0.5) is 4.39 Å². The van der Waals surface area contributed by atoms with Crippen LogP contribution in [0.25, 0.3) is 0 Å². The standard InChI is InChI=1S/C24H22FN3O3/c1-17-6-5-13-26-22(17)23-27-31-21(16-18-7-3-2-4-8-18)24(29)28(23)14-15-30-20-11-9-19(25)10-12-20/h2-13,21H,14-16H2,1H3. The minimum atomic E-state index is -0.735. The number of ether oxygens (including phenoxy) is 1. The van der Waals surface area contributed by atoms with E-state index in [-0.39, 0.29) is 24.9 Å². The molecule has 3 aromatic rings. The zero-order valence-corrected chi connectivity index (χ0v) is 17.1. The van der Waals surface area contributed by atoms with Gasteiger partial charge in [0.15, 0.2) is 0 Å². The lowest BCUT2D eigenvalue weighted by molar-refractivity contribution is -0.143. The highest BCUT2D eigenvalue weighted by molar-refractivity contribution is 6.09. The SMILES string of the molecule is Cc1cccnc1C1=NOC(Cc2ccccc2)C(=O)N1CCOc1ccc(F)cc1. The average molecular weight is 419 g/mol. The Morgan fingerprint density at radius 2 is 1.84 bits per heavy atom. The fourth-order valence-electron chi connectivity index (χ4n) is 3.33. The predicted octanol–water partition coefficient (Wildman–Crippen LogP) is 3.74. The molecule has 0 saturated heterocycles. The smallest absolute Gasteiger partial charge is 0.272 e. The van der Waals surface area contributed by atoms with E-state index in [0.29, 0.717) is 23.7 Å². The number of hydrogen-bond donors (Lipinski definition) is 0. The largest absolute Gasteiger partial charge is 0.492 e. The number of pyridine rings is 1. The monoisotopic (exact) mass is 419 g/mol. The Bertz CT molecular complexity index is 1070. The highest BCUT2D eigenvalue weighted by Crippen LogP contribution is 2.19. The summed E-state index contributed by atoms with van der Waals surface area (Å²) in [5.41, 5.74) is 2.44. The first-order valence-corrected chi connectivity index (χ1v) is 10.0. The van der Waals surface area contributed by atoms with Crippen LogP contribution in [0, 0.1) is 12.7 Å². The van der Waals surface area contributed by atoms with Gasteiger partial charge in [-0.25, -0.2) is 4.39 Å². The van der Waals surface area contributed by atoms with Gasteiger partial charge in [0.1, 0.15) is 23.9 Å². The van der Waals surface area contributed by atoms with Crippen molar-refractivity contribution in [2.75, 3.05) is 13.2 Å². The van der Waals surface area contributed by atoms with Gasteiger partial charge >= 0.3 is 0 Å². The molecule has 1 aliphatic rings. The molecule has 1 atom stereocenters. The van der Waals surface area contributed by atoms with Crippen LogP contribution in [0.2, 0.25) is 0 Å². The van der Waals surface area contributed by atoms with Gasteiger partial charge < -0.3 is 9.57 Å². The third-order valence-electron chi connectivity index (χ3n) is 4.95. The van der Waals surface area contributed by atoms with Crippen molar-refractivity contribution in [3.8, 4) is 5.75 Å². The summed E-state index contributed by atoms with van der Waals surface area (Å²) in [6.07, 6.45) is 1.33. The number of rotatable bonds is 7. The number of halogens is 1. The van der Waals surface area contributed by atoms with Crippen molar-refractivity contribution >= 4 is 11.7 Å². The van der Waals surface area contributed by atoms with Crippen LogP contribution >= 0.6 is 0 Å². The second-order valence-corrected chi connectivity index (χ2v) is 7.16. The number of nitrogens with zero attached hydrogens (tertiary/aromatic N) is 3. The summed E-state index contributed by atoms with van der Waals surface area (Å²) in [6.45, 7) is 2.36. The number of amidine groups is 1. The Hall–Kier alpha value is -3.74. The summed E-state index contributed by atoms with van der Waals surface area (Å²) in [5.74, 6) is 0.340. The summed E-state index contributed by atoms with van der Waals surface area (Å²) >= 11 is 0. The van der Waals surface area contributed by atoms with E-state index in [1.165, 1.54) is 12.1 Å². The first kappa shape index (κ1) is 20.5. The van der Waals surface area contributed by atoms with Crippen LogP contribution in [0.1, 0.15) is 16.8 Å². The number of aryl methyl sites for hydroxylation is 1. The van der Waals surface area contributed by atoms with E-state index in [4.69, 9.17) is 9.57 Å². The van der Waals surface area contributed by atoms with Gasteiger partial charge in [0.25, 0.3) is 5.91 Å². The fourth-order valence-corrected chi connectivity index (χ4v) is 3.33. The van der Waals surface area contributed by atoms with Crippen molar-refractivity contribution in [2.45, 2.75) is 19.4 Å². The molecular formula is C24H22FN3O3. The molecule has 1 aliphatic heterocycles. The molecule has 1 amide bonds. The Kier molecular flexibility index (Phi) is 6.21. The maximum Gasteiger partial charge on any atom is 0.272 e. The van der Waals surface area contributed by atoms with Crippen LogP contribution in [-0.2, 0) is 16.1 Å². The number of carbonyl (C=O) groups excluding carboxylic acids is 1. The maximum absolute atomic E-state index is 13.3. The molecule has 0 saturated carbocycles. The molecule has 0 N–H and O–H groups in total. The summed E-state index contributed by atoms with van der Waals surface area (Å²) in [6, 6.07) is 19.1. The molecule has 2 aromatic carbocycles. The molecule has 31 heavy (non-hydrogen) atoms. The van der Waals surface area contributed by atoms with Crippen LogP contribution in [-0.4, -0.2) is 40.9 Å². The quantitative estimate of drug-likeness (QED) is 0.585. The van der Waals surface area contributed by atoms with E-state index in [2.05, 4.69) is 10.1 Å². The number of carbonyl (C=O) groups is 1. The normalized spacial score (nSPS) is 15.9. The maximum atomic E-state index is 13.3. The van der Waals surface area contributed by atoms with Crippen molar-refractivity contribution in [1.82, 2.24) is 9.88 Å². The second-order valence-electron chi connectivity index (χ2n) is 7.16. The molecule has 1 unspecified atom stereocenters. The highest BCUT2D eigenvalue weighted by atomic mass is 19.1. The van der Waals surface area contributed by atoms with E-state index in [9.17, 15) is 9.18 Å². The molecule has 0 aliphatic carbocycles. The number of oxime groups is 1. The topological polar surface area (TPSA) is 64.0 Å². The second kappa shape index (κ2) is 9.38. The van der Waals surface area contributed by atoms with Crippen LogP contribution in [0.15, 0.2) is 78.1 Å². The molecule has 0 fully saturated rings. The van der Waals surface area contributed by atoms with Gasteiger partial charge in [-0.3, -0.25) is 14.7 Å². The molecule has 0 bridgehead atoms. The minimum Gasteiger partial charge on any atom is -0.492 e. The molecule has 0 radical (unpaired) electrons. The van der Waals surface area contributed by atoms with Gasteiger partial charge in [0, 0.05) is 12.6 Å². The number of aromatic nitrogens is 1. The van der Waals surface area contributed by atoms with Crippen molar-refractivity contribution in [3.63, 3.8) is 0 Å². The minimum absolute atomic E-state index is 0.207. The van der Waals surface area contributed by atoms with E-state index < -0.39 is 6.10 Å². The van der Waals surface area contributed by atoms with Crippen molar-refractivity contribution in [1.29, 1.82) is 0 Å². The predicted molar refractivity (Wildman–Crippen MR) is 114 cm³/mol. The molecule has 1 aromatic heterocycles. The van der Waals surface area contributed by atoms with Crippen molar-refractivity contribution < 1.29 is 18.8 Å². The van der Waals surface area contributed by atoms with E-state index >= 15 is 0 Å². The Morgan fingerprint density at radius 3 is 2.58 bits per heavy atom. The molecular weight excluding hydrogens is 397 g/mol. The lowest BCUT2D eigenvalue weighted by atomic mass is 10.1. The van der Waals surface area contributed by atoms with Gasteiger partial charge in [-0.15, -0.1) is 0 Å². The zero-order chi connectivity index (χ0) is 21.6. The van der Waals surface area contributed by atoms with Crippen molar-refractivity contribution in [2.24, 2.45) is 5.16 Å². The fraction of sp³-hybridized carbons (Fsp3) is 0.208. The van der Waals surface area contributed by atoms with E-state index in [1.807, 2.05) is 49.4 Å². The number of hydrogen-bond acceptors (Lipinski definition) is 5. The first-order valence-electron chi connectivity index (χ1n) is 10.0. The first-order chi connectivity index (χ1) is 15.1. The average Bonchev–Trinajstić information content (AvgIpc) is 2.79. The Labute approximate surface area is 179 Å². The van der Waals surface area contributed by atoms with Crippen LogP contribution < -0.4 is 4.74 Å². The molecule has 7 heteroatoms. The number of benzene rings is 2. The van der Waals surface area contributed by atoms with E-state index in [0.717, 1.165) is 11.1 Å². The lowest BCUT2D eigenvalue weighted by Crippen LogP contribution is -2.50. The Balaban J connectivity index is 1.54. The summed E-state index contributed by atoms with van der Waals surface area (Å²) in [7, 11) is 0. The lowest BCUT2D eigenvalue weighted by Gasteiger charge is -2.31. The van der Waals surface area contributed by atoms with Crippen LogP contribution in [0.3, 0.4) is 0 Å². The van der Waals surface area contributed by atoms with Crippen LogP contribution in [0.5, 0.6) is 5.75 Å². The molecule has 4 rings (SSSR count). The highest BCUT2D eigenvalue weighted by Gasteiger charge is 2.35. The summed E-state index contributed by atoms with van der Waals surface area (Å²) in [5, 5.41) is 4.26. The third kappa shape index (κ3) is 4.88. The third-order valence-corrected chi connectivity index (χ3v) is 4.95. The summed E-state index contributed by atoms with van der Waals surface area (Å²) < 4.78 is 18.8. The van der Waals surface area contributed by atoms with Gasteiger partial charge in [-0.2, -0.15) is 0 Å². The summed E-state index contributed by atoms with van der Waals surface area (Å²) in [4.78, 5) is 24.8. The van der Waals surface area contributed by atoms with Gasteiger partial charge in [-0.05, 0) is 48.4 Å². The van der Waals surface area contributed by atoms with Gasteiger partial charge in [0.05, 0.1) is 6.54 Å².